The Bertz CT molecular complexity index is 4160. The van der Waals surface area contributed by atoms with Gasteiger partial charge in [-0.25, -0.2) is 9.37 Å². The van der Waals surface area contributed by atoms with Crippen LogP contribution in [0, 0.1) is 24.6 Å². The molecule has 5 nitrogen and oxygen atoms in total. The molecule has 10 aromatic rings. The van der Waals surface area contributed by atoms with Crippen molar-refractivity contribution in [1.29, 1.82) is 0 Å². The van der Waals surface area contributed by atoms with Gasteiger partial charge in [-0.15, -0.1) is 53.6 Å². The van der Waals surface area contributed by atoms with Crippen molar-refractivity contribution >= 4 is 44.6 Å². The van der Waals surface area contributed by atoms with Gasteiger partial charge in [0.05, 0.1) is 0 Å². The maximum atomic E-state index is 15.1. The van der Waals surface area contributed by atoms with Crippen LogP contribution >= 0.6 is 0 Å². The number of aromatic nitrogens is 2. The Kier molecular flexibility index (Phi) is 16.6. The molecule has 7 heteroatoms. The average molecular weight is 1330 g/mol. The number of hydrogen-bond acceptors (Lipinski definition) is 4. The number of fused-ring (bicyclic) bond motifs is 4. The summed E-state index contributed by atoms with van der Waals surface area (Å²) in [6.07, 6.45) is 1.91. The molecule has 0 amide bonds. The molecular formula is C80H86FN4OPt-3. The maximum Gasteiger partial charge on any atom is 0.135 e. The van der Waals surface area contributed by atoms with Gasteiger partial charge in [0.2, 0.25) is 0 Å². The summed E-state index contributed by atoms with van der Waals surface area (Å²) in [5, 5.41) is 2.18. The minimum Gasteiger partial charge on any atom is -0.509 e. The van der Waals surface area contributed by atoms with Gasteiger partial charge in [0, 0.05) is 72.5 Å². The van der Waals surface area contributed by atoms with Crippen LogP contribution in [0.15, 0.2) is 158 Å². The fraction of sp³-hybridized carbons (Fsp3) is 0.325. The standard InChI is InChI=1S/C80H86FN4O.Pt/c1-49(2)52-36-53(50(3)4)38-54(37-52)66-42-57(77(8,9)10)41-65(51-28-30-59(81)31-29-51)75(66)84-48-83(70-26-22-23-27-71(70)84)60-39-55(74-67(79(14,15)16)43-58(78(11,12)13)44-68(74)80(17,18)19)40-62(46-60)86-61-32-33-64-63-24-20-21-25-69(63)85(72(64)47-61)73-45-56(34-35-82-73)76(5,6)7;/h20-45,48-50H,1-19H3;/q-3;. The third kappa shape index (κ3) is 12.3. The average Bonchev–Trinajstić information content (AvgIpc) is 1.75. The van der Waals surface area contributed by atoms with Crippen molar-refractivity contribution < 1.29 is 30.2 Å². The third-order valence-electron chi connectivity index (χ3n) is 17.2. The third-order valence-corrected chi connectivity index (χ3v) is 17.2. The Hall–Kier alpha value is -7.27. The summed E-state index contributed by atoms with van der Waals surface area (Å²) in [5.74, 6) is 2.29. The number of para-hydroxylation sites is 3. The van der Waals surface area contributed by atoms with Crippen LogP contribution in [0.3, 0.4) is 0 Å². The van der Waals surface area contributed by atoms with E-state index in [0.29, 0.717) is 23.3 Å². The van der Waals surface area contributed by atoms with Gasteiger partial charge in [0.15, 0.2) is 0 Å². The molecule has 0 unspecified atom stereocenters. The number of ether oxygens (including phenoxy) is 1. The minimum atomic E-state index is -0.272. The van der Waals surface area contributed by atoms with Crippen LogP contribution < -0.4 is 14.5 Å². The van der Waals surface area contributed by atoms with Crippen molar-refractivity contribution in [3.63, 3.8) is 0 Å². The van der Waals surface area contributed by atoms with Crippen LogP contribution in [-0.4, -0.2) is 9.55 Å². The molecule has 0 spiro atoms. The van der Waals surface area contributed by atoms with E-state index in [1.807, 2.05) is 24.4 Å². The number of hydrogen-bond donors (Lipinski definition) is 0. The first-order valence-corrected chi connectivity index (χ1v) is 30.8. The summed E-state index contributed by atoms with van der Waals surface area (Å²) < 4.78 is 24.6. The first-order chi connectivity index (χ1) is 40.3. The molecule has 0 saturated carbocycles. The zero-order valence-electron chi connectivity index (χ0n) is 54.6. The van der Waals surface area contributed by atoms with E-state index in [4.69, 9.17) is 9.72 Å². The van der Waals surface area contributed by atoms with Crippen molar-refractivity contribution in [2.24, 2.45) is 0 Å². The fourth-order valence-corrected chi connectivity index (χ4v) is 12.1. The van der Waals surface area contributed by atoms with Crippen LogP contribution in [-0.2, 0) is 48.1 Å². The number of halogens is 1. The SMILES string of the molecule is CC(C)c1cc(-c2cc(C(C)(C)C)cc(-c3ccc(F)cc3)c2N2[CH-]N(c3[c-]c(Oc4[c-]c5c(cc4)c4ccccc4n5-c4cc(C(C)(C)C)ccn4)cc(-c4c(C(C)(C)C)cc(C(C)(C)C)cc4C(C)(C)C)c3)c3ccccc32)cc(C(C)C)c1.[Pt]. The van der Waals surface area contributed by atoms with E-state index < -0.39 is 0 Å². The number of pyridine rings is 1. The fourth-order valence-electron chi connectivity index (χ4n) is 12.1. The van der Waals surface area contributed by atoms with Crippen LogP contribution in [0.1, 0.15) is 182 Å². The molecule has 0 N–H and O–H groups in total. The van der Waals surface area contributed by atoms with Gasteiger partial charge in [-0.2, -0.15) is 6.07 Å². The molecule has 0 radical (unpaired) electrons. The van der Waals surface area contributed by atoms with E-state index in [2.05, 4.69) is 286 Å². The van der Waals surface area contributed by atoms with Gasteiger partial charge in [-0.3, -0.25) is 0 Å². The normalized spacial score (nSPS) is 13.3. The topological polar surface area (TPSA) is 33.5 Å². The number of benzene rings is 8. The summed E-state index contributed by atoms with van der Waals surface area (Å²) in [6.45, 7) is 45.8. The molecule has 0 fully saturated rings. The van der Waals surface area contributed by atoms with Crippen molar-refractivity contribution in [3.8, 4) is 50.7 Å². The van der Waals surface area contributed by atoms with Crippen molar-refractivity contribution in [2.75, 3.05) is 9.80 Å². The van der Waals surface area contributed by atoms with Crippen LogP contribution in [0.2, 0.25) is 0 Å². The molecule has 3 heterocycles. The summed E-state index contributed by atoms with van der Waals surface area (Å²) in [7, 11) is 0. The molecular weight excluding hydrogens is 1250 g/mol. The van der Waals surface area contributed by atoms with E-state index in [1.165, 1.54) is 44.5 Å². The molecule has 1 aliphatic rings. The number of rotatable bonds is 10. The molecule has 0 bridgehead atoms. The number of nitrogens with zero attached hydrogens (tertiary/aromatic N) is 4. The van der Waals surface area contributed by atoms with E-state index in [9.17, 15) is 0 Å². The van der Waals surface area contributed by atoms with Crippen LogP contribution in [0.5, 0.6) is 11.5 Å². The quantitative estimate of drug-likeness (QED) is 0.128. The molecule has 0 atom stereocenters. The maximum absolute atomic E-state index is 15.1. The van der Waals surface area contributed by atoms with Gasteiger partial charge in [0.25, 0.3) is 0 Å². The van der Waals surface area contributed by atoms with Crippen LogP contribution in [0.25, 0.3) is 61.0 Å². The monoisotopic (exact) mass is 1330 g/mol. The number of anilines is 4. The summed E-state index contributed by atoms with van der Waals surface area (Å²) in [5.41, 5.74) is 20.1. The molecule has 11 rings (SSSR count). The predicted octanol–water partition coefficient (Wildman–Crippen LogP) is 22.9. The smallest absolute Gasteiger partial charge is 0.135 e. The molecule has 8 aromatic carbocycles. The zero-order chi connectivity index (χ0) is 61.7. The Morgan fingerprint density at radius 3 is 1.61 bits per heavy atom. The first-order valence-electron chi connectivity index (χ1n) is 30.8. The van der Waals surface area contributed by atoms with Crippen LogP contribution in [0.4, 0.5) is 27.1 Å². The summed E-state index contributed by atoms with van der Waals surface area (Å²) in [6, 6.07) is 61.6. The second kappa shape index (κ2) is 23.0. The molecule has 0 saturated heterocycles. The second-order valence-electron chi connectivity index (χ2n) is 29.7. The molecule has 0 aliphatic carbocycles. The van der Waals surface area contributed by atoms with Gasteiger partial charge >= 0.3 is 0 Å². The molecule has 87 heavy (non-hydrogen) atoms. The van der Waals surface area contributed by atoms with Gasteiger partial charge in [-0.1, -0.05) is 210 Å². The van der Waals surface area contributed by atoms with Crippen molar-refractivity contribution in [2.45, 2.75) is 170 Å². The van der Waals surface area contributed by atoms with E-state index in [-0.39, 0.29) is 54.0 Å². The van der Waals surface area contributed by atoms with Gasteiger partial charge < -0.3 is 19.1 Å². The molecule has 1 aliphatic heterocycles. The van der Waals surface area contributed by atoms with Crippen molar-refractivity contribution in [1.82, 2.24) is 9.55 Å². The Morgan fingerprint density at radius 1 is 0.483 bits per heavy atom. The molecule has 2 aromatic heterocycles. The van der Waals surface area contributed by atoms with E-state index in [0.717, 1.165) is 78.2 Å². The Balaban J connectivity index is 0.00000838. The largest absolute Gasteiger partial charge is 0.509 e. The zero-order valence-corrected chi connectivity index (χ0v) is 56.9. The second-order valence-corrected chi connectivity index (χ2v) is 29.7. The Morgan fingerprint density at radius 2 is 1.03 bits per heavy atom. The van der Waals surface area contributed by atoms with Gasteiger partial charge in [-0.05, 0) is 155 Å². The molecule has 452 valence electrons. The minimum absolute atomic E-state index is 0. The summed E-state index contributed by atoms with van der Waals surface area (Å²) in [4.78, 5) is 9.62. The summed E-state index contributed by atoms with van der Waals surface area (Å²) >= 11 is 0. The Labute approximate surface area is 533 Å². The van der Waals surface area contributed by atoms with E-state index in [1.54, 1.807) is 12.1 Å². The van der Waals surface area contributed by atoms with E-state index >= 15 is 4.39 Å². The first kappa shape index (κ1) is 62.8. The van der Waals surface area contributed by atoms with Gasteiger partial charge in [0.1, 0.15) is 11.6 Å². The van der Waals surface area contributed by atoms with Crippen molar-refractivity contribution in [3.05, 3.63) is 221 Å². The predicted molar refractivity (Wildman–Crippen MR) is 362 cm³/mol.